The molecule has 0 aromatic carbocycles. The van der Waals surface area contributed by atoms with Gasteiger partial charge in [0.1, 0.15) is 18.7 Å². The highest BCUT2D eigenvalue weighted by Crippen LogP contribution is 2.21. The minimum absolute atomic E-state index is 0.119. The van der Waals surface area contributed by atoms with Gasteiger partial charge >= 0.3 is 0 Å². The highest BCUT2D eigenvalue weighted by atomic mass is 19.1. The predicted octanol–water partition coefficient (Wildman–Crippen LogP) is 2.16. The normalized spacial score (nSPS) is 20.9. The van der Waals surface area contributed by atoms with Gasteiger partial charge in [-0.25, -0.2) is 4.39 Å². The standard InChI is InChI=1S/C11H14FNO2/c1-8-5-9(7-15-8)11(14)13-4-2-3-10(13)6-12/h5,7,10H,2-4,6H2,1H3/t10-/m1/s1. The number of aryl methyl sites for hydroxylation is 1. The van der Waals surface area contributed by atoms with E-state index in [-0.39, 0.29) is 11.9 Å². The number of furan rings is 1. The lowest BCUT2D eigenvalue weighted by Crippen LogP contribution is -2.36. The molecule has 15 heavy (non-hydrogen) atoms. The van der Waals surface area contributed by atoms with Crippen LogP contribution in [-0.4, -0.2) is 30.1 Å². The van der Waals surface area contributed by atoms with Gasteiger partial charge in [0.2, 0.25) is 0 Å². The molecule has 0 spiro atoms. The number of alkyl halides is 1. The first-order valence-corrected chi connectivity index (χ1v) is 5.14. The number of carbonyl (C=O) groups excluding carboxylic acids is 1. The summed E-state index contributed by atoms with van der Waals surface area (Å²) in [5, 5.41) is 0. The van der Waals surface area contributed by atoms with E-state index in [1.54, 1.807) is 17.9 Å². The molecule has 1 aromatic heterocycles. The van der Waals surface area contributed by atoms with E-state index in [4.69, 9.17) is 4.42 Å². The van der Waals surface area contributed by atoms with Gasteiger partial charge in [0, 0.05) is 6.54 Å². The molecule has 1 saturated heterocycles. The van der Waals surface area contributed by atoms with Crippen LogP contribution in [0.4, 0.5) is 4.39 Å². The van der Waals surface area contributed by atoms with Crippen LogP contribution in [0.2, 0.25) is 0 Å². The number of amides is 1. The monoisotopic (exact) mass is 211 g/mol. The summed E-state index contributed by atoms with van der Waals surface area (Å²) < 4.78 is 17.7. The van der Waals surface area contributed by atoms with Crippen molar-refractivity contribution >= 4 is 5.91 Å². The fourth-order valence-corrected chi connectivity index (χ4v) is 1.98. The Bertz CT molecular complexity index is 361. The number of halogens is 1. The number of rotatable bonds is 2. The summed E-state index contributed by atoms with van der Waals surface area (Å²) in [4.78, 5) is 13.5. The Morgan fingerprint density at radius 3 is 3.13 bits per heavy atom. The zero-order valence-corrected chi connectivity index (χ0v) is 8.70. The molecule has 1 aliphatic heterocycles. The lowest BCUT2D eigenvalue weighted by molar-refractivity contribution is 0.0715. The van der Waals surface area contributed by atoms with Crippen LogP contribution in [0.3, 0.4) is 0 Å². The Hall–Kier alpha value is -1.32. The van der Waals surface area contributed by atoms with Gasteiger partial charge in [-0.2, -0.15) is 0 Å². The average molecular weight is 211 g/mol. The number of likely N-dealkylation sites (tertiary alicyclic amines) is 1. The van der Waals surface area contributed by atoms with Crippen molar-refractivity contribution in [3.8, 4) is 0 Å². The minimum atomic E-state index is -0.456. The first-order chi connectivity index (χ1) is 7.22. The van der Waals surface area contributed by atoms with E-state index < -0.39 is 6.67 Å². The maximum absolute atomic E-state index is 12.6. The molecule has 2 rings (SSSR count). The highest BCUT2D eigenvalue weighted by Gasteiger charge is 2.29. The van der Waals surface area contributed by atoms with Gasteiger partial charge in [0.25, 0.3) is 5.91 Å². The summed E-state index contributed by atoms with van der Waals surface area (Å²) in [7, 11) is 0. The third kappa shape index (κ3) is 1.89. The third-order valence-electron chi connectivity index (χ3n) is 2.79. The zero-order chi connectivity index (χ0) is 10.8. The van der Waals surface area contributed by atoms with Crippen molar-refractivity contribution in [3.05, 3.63) is 23.7 Å². The van der Waals surface area contributed by atoms with Crippen molar-refractivity contribution in [1.29, 1.82) is 0 Å². The molecule has 0 saturated carbocycles. The van der Waals surface area contributed by atoms with E-state index in [9.17, 15) is 9.18 Å². The second kappa shape index (κ2) is 4.04. The Morgan fingerprint density at radius 2 is 2.53 bits per heavy atom. The van der Waals surface area contributed by atoms with Crippen LogP contribution in [0.5, 0.6) is 0 Å². The Balaban J connectivity index is 2.13. The van der Waals surface area contributed by atoms with E-state index in [1.807, 2.05) is 0 Å². The molecule has 0 aliphatic carbocycles. The highest BCUT2D eigenvalue weighted by molar-refractivity contribution is 5.94. The molecule has 4 heteroatoms. The van der Waals surface area contributed by atoms with Crippen LogP contribution in [0, 0.1) is 6.92 Å². The smallest absolute Gasteiger partial charge is 0.257 e. The Labute approximate surface area is 87.9 Å². The van der Waals surface area contributed by atoms with Gasteiger partial charge in [0.05, 0.1) is 11.6 Å². The molecule has 0 bridgehead atoms. The van der Waals surface area contributed by atoms with Crippen molar-refractivity contribution in [2.75, 3.05) is 13.2 Å². The molecule has 0 radical (unpaired) electrons. The number of hydrogen-bond donors (Lipinski definition) is 0. The maximum Gasteiger partial charge on any atom is 0.257 e. The number of carbonyl (C=O) groups is 1. The number of nitrogens with zero attached hydrogens (tertiary/aromatic N) is 1. The largest absolute Gasteiger partial charge is 0.469 e. The lowest BCUT2D eigenvalue weighted by Gasteiger charge is -2.21. The summed E-state index contributed by atoms with van der Waals surface area (Å²) in [5.74, 6) is 0.585. The summed E-state index contributed by atoms with van der Waals surface area (Å²) in [6, 6.07) is 1.45. The Morgan fingerprint density at radius 1 is 1.73 bits per heavy atom. The molecule has 0 N–H and O–H groups in total. The minimum Gasteiger partial charge on any atom is -0.469 e. The Kier molecular flexibility index (Phi) is 2.75. The van der Waals surface area contributed by atoms with E-state index in [0.717, 1.165) is 12.8 Å². The van der Waals surface area contributed by atoms with E-state index in [2.05, 4.69) is 0 Å². The molecule has 82 valence electrons. The van der Waals surface area contributed by atoms with Crippen molar-refractivity contribution in [3.63, 3.8) is 0 Å². The van der Waals surface area contributed by atoms with Crippen LogP contribution < -0.4 is 0 Å². The molecular weight excluding hydrogens is 197 g/mol. The molecule has 1 amide bonds. The van der Waals surface area contributed by atoms with Crippen LogP contribution in [0.25, 0.3) is 0 Å². The maximum atomic E-state index is 12.6. The van der Waals surface area contributed by atoms with Crippen molar-refractivity contribution in [1.82, 2.24) is 4.90 Å². The molecule has 0 unspecified atom stereocenters. The van der Waals surface area contributed by atoms with Gasteiger partial charge in [0.15, 0.2) is 0 Å². The van der Waals surface area contributed by atoms with E-state index >= 15 is 0 Å². The van der Waals surface area contributed by atoms with Crippen LogP contribution in [0.1, 0.15) is 29.0 Å². The third-order valence-corrected chi connectivity index (χ3v) is 2.79. The van der Waals surface area contributed by atoms with Gasteiger partial charge in [-0.15, -0.1) is 0 Å². The fourth-order valence-electron chi connectivity index (χ4n) is 1.98. The van der Waals surface area contributed by atoms with E-state index in [1.165, 1.54) is 6.26 Å². The predicted molar refractivity (Wildman–Crippen MR) is 53.5 cm³/mol. The molecular formula is C11H14FNO2. The molecule has 3 nitrogen and oxygen atoms in total. The SMILES string of the molecule is Cc1cc(C(=O)N2CCC[C@@H]2CF)co1. The summed E-state index contributed by atoms with van der Waals surface area (Å²) in [6.07, 6.45) is 3.08. The second-order valence-electron chi connectivity index (χ2n) is 3.89. The summed E-state index contributed by atoms with van der Waals surface area (Å²) >= 11 is 0. The van der Waals surface area contributed by atoms with Gasteiger partial charge in [-0.1, -0.05) is 0 Å². The quantitative estimate of drug-likeness (QED) is 0.751. The first-order valence-electron chi connectivity index (χ1n) is 5.14. The molecule has 1 aliphatic rings. The number of hydrogen-bond acceptors (Lipinski definition) is 2. The second-order valence-corrected chi connectivity index (χ2v) is 3.89. The van der Waals surface area contributed by atoms with Crippen LogP contribution >= 0.6 is 0 Å². The van der Waals surface area contributed by atoms with Gasteiger partial charge in [-0.05, 0) is 25.8 Å². The molecule has 1 fully saturated rings. The summed E-state index contributed by atoms with van der Waals surface area (Å²) in [5.41, 5.74) is 0.521. The average Bonchev–Trinajstić information content (AvgIpc) is 2.84. The summed E-state index contributed by atoms with van der Waals surface area (Å²) in [6.45, 7) is 1.98. The lowest BCUT2D eigenvalue weighted by atomic mass is 10.2. The molecule has 2 heterocycles. The van der Waals surface area contributed by atoms with Gasteiger partial charge < -0.3 is 9.32 Å². The van der Waals surface area contributed by atoms with Crippen molar-refractivity contribution < 1.29 is 13.6 Å². The van der Waals surface area contributed by atoms with E-state index in [0.29, 0.717) is 17.9 Å². The fraction of sp³-hybridized carbons (Fsp3) is 0.545. The topological polar surface area (TPSA) is 33.5 Å². The molecule has 1 atom stereocenters. The first kappa shape index (κ1) is 10.2. The van der Waals surface area contributed by atoms with Crippen LogP contribution in [0.15, 0.2) is 16.7 Å². The molecule has 1 aromatic rings. The van der Waals surface area contributed by atoms with Crippen LogP contribution in [-0.2, 0) is 0 Å². The van der Waals surface area contributed by atoms with Gasteiger partial charge in [-0.3, -0.25) is 4.79 Å². The zero-order valence-electron chi connectivity index (χ0n) is 8.70. The van der Waals surface area contributed by atoms with Crippen molar-refractivity contribution in [2.24, 2.45) is 0 Å². The van der Waals surface area contributed by atoms with Crippen molar-refractivity contribution in [2.45, 2.75) is 25.8 Å².